The summed E-state index contributed by atoms with van der Waals surface area (Å²) in [6, 6.07) is 15.2. The van der Waals surface area contributed by atoms with Crippen molar-refractivity contribution < 1.29 is 28.7 Å². The van der Waals surface area contributed by atoms with E-state index < -0.39 is 29.6 Å². The van der Waals surface area contributed by atoms with Gasteiger partial charge in [-0.2, -0.15) is 0 Å². The Labute approximate surface area is 199 Å². The lowest BCUT2D eigenvalue weighted by molar-refractivity contribution is -0.255. The lowest BCUT2D eigenvalue weighted by atomic mass is 10.0. The first-order valence-corrected chi connectivity index (χ1v) is 11.1. The van der Waals surface area contributed by atoms with E-state index in [4.69, 9.17) is 4.42 Å². The fraction of sp³-hybridized carbons (Fsp3) is 0.120. The highest BCUT2D eigenvalue weighted by Crippen LogP contribution is 2.34. The molecule has 0 radical (unpaired) electrons. The van der Waals surface area contributed by atoms with Crippen LogP contribution in [-0.2, 0) is 9.59 Å². The Morgan fingerprint density at radius 2 is 1.82 bits per heavy atom. The summed E-state index contributed by atoms with van der Waals surface area (Å²) in [6.45, 7) is 3.08. The van der Waals surface area contributed by atoms with Gasteiger partial charge >= 0.3 is 0 Å². The number of para-hydroxylation sites is 1. The number of hydrogen-bond acceptors (Lipinski definition) is 7. The number of rotatable bonds is 6. The highest BCUT2D eigenvalue weighted by molar-refractivity contribution is 8.18. The molecule has 34 heavy (non-hydrogen) atoms. The molecule has 0 atom stereocenters. The van der Waals surface area contributed by atoms with Gasteiger partial charge in [-0.1, -0.05) is 36.4 Å². The van der Waals surface area contributed by atoms with E-state index in [9.17, 15) is 24.3 Å². The largest absolute Gasteiger partial charge is 0.545 e. The second-order valence-electron chi connectivity index (χ2n) is 7.60. The number of carbonyl (C=O) groups excluding carboxylic acids is 4. The molecule has 1 N–H and O–H groups in total. The Morgan fingerprint density at radius 3 is 2.56 bits per heavy atom. The van der Waals surface area contributed by atoms with E-state index in [0.29, 0.717) is 40.1 Å². The van der Waals surface area contributed by atoms with Crippen LogP contribution in [0.5, 0.6) is 0 Å². The van der Waals surface area contributed by atoms with E-state index >= 15 is 0 Å². The number of imide groups is 1. The molecule has 0 spiro atoms. The molecular weight excluding hydrogens is 456 g/mol. The van der Waals surface area contributed by atoms with Gasteiger partial charge in [-0.25, -0.2) is 0 Å². The lowest BCUT2D eigenvalue weighted by Gasteiger charge is -2.13. The maximum Gasteiger partial charge on any atom is 0.294 e. The molecule has 3 aromatic rings. The molecule has 0 bridgehead atoms. The second-order valence-corrected chi connectivity index (χ2v) is 8.59. The molecule has 1 aliphatic heterocycles. The molecule has 3 amide bonds. The van der Waals surface area contributed by atoms with Crippen LogP contribution >= 0.6 is 11.8 Å². The molecule has 1 aliphatic rings. The predicted molar refractivity (Wildman–Crippen MR) is 126 cm³/mol. The van der Waals surface area contributed by atoms with Gasteiger partial charge in [0.15, 0.2) is 0 Å². The summed E-state index contributed by atoms with van der Waals surface area (Å²) in [5.74, 6) is -1.65. The Kier molecular flexibility index (Phi) is 6.38. The Morgan fingerprint density at radius 1 is 1.06 bits per heavy atom. The van der Waals surface area contributed by atoms with Crippen LogP contribution in [0.15, 0.2) is 63.9 Å². The third-order valence-corrected chi connectivity index (χ3v) is 6.22. The van der Waals surface area contributed by atoms with Crippen molar-refractivity contribution in [1.29, 1.82) is 0 Å². The normalized spacial score (nSPS) is 14.6. The number of carbonyl (C=O) groups is 4. The first-order valence-electron chi connectivity index (χ1n) is 10.3. The van der Waals surface area contributed by atoms with Crippen LogP contribution in [0.3, 0.4) is 0 Å². The van der Waals surface area contributed by atoms with E-state index in [0.717, 1.165) is 10.5 Å². The minimum atomic E-state index is -1.29. The van der Waals surface area contributed by atoms with Gasteiger partial charge in [0.1, 0.15) is 18.1 Å². The SMILES string of the molecule is Cc1ccccc1NC(=O)CN1C(=O)S/C(=C\c2ccc(-c3cccc(C(=O)[O-])c3C)o2)C1=O. The van der Waals surface area contributed by atoms with E-state index in [2.05, 4.69) is 5.32 Å². The Balaban J connectivity index is 1.49. The van der Waals surface area contributed by atoms with E-state index in [-0.39, 0.29) is 10.5 Å². The van der Waals surface area contributed by atoms with Crippen LogP contribution in [0.2, 0.25) is 0 Å². The third-order valence-electron chi connectivity index (χ3n) is 5.31. The molecule has 0 saturated carbocycles. The maximum absolute atomic E-state index is 12.7. The van der Waals surface area contributed by atoms with Gasteiger partial charge in [-0.3, -0.25) is 19.3 Å². The van der Waals surface area contributed by atoms with E-state index in [1.165, 1.54) is 12.1 Å². The van der Waals surface area contributed by atoms with Crippen molar-refractivity contribution in [3.05, 3.63) is 82.0 Å². The average Bonchev–Trinajstić information content (AvgIpc) is 3.35. The van der Waals surface area contributed by atoms with Crippen molar-refractivity contribution in [2.45, 2.75) is 13.8 Å². The topological polar surface area (TPSA) is 120 Å². The van der Waals surface area contributed by atoms with E-state index in [1.807, 2.05) is 19.1 Å². The zero-order chi connectivity index (χ0) is 24.4. The standard InChI is InChI=1S/C25H20N2O6S/c1-14-6-3-4-9-19(14)26-22(28)13-27-23(29)21(34-25(27)32)12-16-10-11-20(33-16)17-7-5-8-18(15(17)2)24(30)31/h3-12H,13H2,1-2H3,(H,26,28)(H,30,31)/p-1/b21-12-. The predicted octanol–water partition coefficient (Wildman–Crippen LogP) is 3.60. The number of aromatic carboxylic acids is 1. The molecule has 1 saturated heterocycles. The van der Waals surface area contributed by atoms with Crippen molar-refractivity contribution in [3.63, 3.8) is 0 Å². The third kappa shape index (κ3) is 4.65. The molecule has 2 aromatic carbocycles. The lowest BCUT2D eigenvalue weighted by Crippen LogP contribution is -2.36. The molecule has 0 aliphatic carbocycles. The van der Waals surface area contributed by atoms with Gasteiger partial charge < -0.3 is 19.6 Å². The number of carboxylic acid groups (broad SMARTS) is 1. The zero-order valence-corrected chi connectivity index (χ0v) is 19.1. The van der Waals surface area contributed by atoms with Gasteiger partial charge in [0.05, 0.1) is 10.9 Å². The van der Waals surface area contributed by atoms with Crippen LogP contribution in [0.4, 0.5) is 10.5 Å². The summed E-state index contributed by atoms with van der Waals surface area (Å²) in [6.07, 6.45) is 1.42. The first kappa shape index (κ1) is 23.1. The van der Waals surface area contributed by atoms with Crippen molar-refractivity contribution in [2.24, 2.45) is 0 Å². The fourth-order valence-electron chi connectivity index (χ4n) is 3.51. The molecule has 172 valence electrons. The molecule has 2 heterocycles. The molecule has 8 nitrogen and oxygen atoms in total. The van der Waals surface area contributed by atoms with Crippen molar-refractivity contribution in [3.8, 4) is 11.3 Å². The number of anilines is 1. The number of furan rings is 1. The van der Waals surface area contributed by atoms with Crippen LogP contribution < -0.4 is 10.4 Å². The summed E-state index contributed by atoms with van der Waals surface area (Å²) >= 11 is 0.715. The van der Waals surface area contributed by atoms with Crippen LogP contribution in [0.25, 0.3) is 17.4 Å². The number of benzene rings is 2. The Hall–Kier alpha value is -4.11. The summed E-state index contributed by atoms with van der Waals surface area (Å²) in [4.78, 5) is 49.8. The summed E-state index contributed by atoms with van der Waals surface area (Å²) < 4.78 is 5.77. The number of carboxylic acids is 1. The fourth-order valence-corrected chi connectivity index (χ4v) is 4.33. The van der Waals surface area contributed by atoms with Crippen LogP contribution in [0.1, 0.15) is 27.2 Å². The Bertz CT molecular complexity index is 1360. The summed E-state index contributed by atoms with van der Waals surface area (Å²) in [5, 5.41) is 13.4. The highest BCUT2D eigenvalue weighted by Gasteiger charge is 2.36. The van der Waals surface area contributed by atoms with Crippen molar-refractivity contribution in [2.75, 3.05) is 11.9 Å². The number of amides is 3. The van der Waals surface area contributed by atoms with Crippen LogP contribution in [0, 0.1) is 13.8 Å². The smallest absolute Gasteiger partial charge is 0.294 e. The number of nitrogens with one attached hydrogen (secondary N) is 1. The maximum atomic E-state index is 12.7. The molecule has 9 heteroatoms. The molecule has 1 fully saturated rings. The molecule has 1 aromatic heterocycles. The number of aryl methyl sites for hydroxylation is 1. The second kappa shape index (κ2) is 9.40. The minimum absolute atomic E-state index is 0.0561. The average molecular weight is 476 g/mol. The minimum Gasteiger partial charge on any atom is -0.545 e. The first-order chi connectivity index (χ1) is 16.2. The monoisotopic (exact) mass is 475 g/mol. The van der Waals surface area contributed by atoms with Gasteiger partial charge in [-0.15, -0.1) is 0 Å². The van der Waals surface area contributed by atoms with Crippen molar-refractivity contribution >= 4 is 46.5 Å². The summed E-state index contributed by atoms with van der Waals surface area (Å²) in [5.41, 5.74) is 2.58. The number of thioether (sulfide) groups is 1. The molecule has 4 rings (SSSR count). The van der Waals surface area contributed by atoms with Gasteiger partial charge in [0.2, 0.25) is 5.91 Å². The zero-order valence-electron chi connectivity index (χ0n) is 18.3. The molecule has 0 unspecified atom stereocenters. The van der Waals surface area contributed by atoms with Crippen molar-refractivity contribution in [1.82, 2.24) is 4.90 Å². The number of nitrogens with zero attached hydrogens (tertiary/aromatic N) is 1. The van der Waals surface area contributed by atoms with Gasteiger partial charge in [0.25, 0.3) is 11.1 Å². The quantitative estimate of drug-likeness (QED) is 0.541. The molecular formula is C25H19N2O6S-. The van der Waals surface area contributed by atoms with Gasteiger partial charge in [0, 0.05) is 22.9 Å². The van der Waals surface area contributed by atoms with Crippen LogP contribution in [-0.4, -0.2) is 34.5 Å². The number of hydrogen-bond donors (Lipinski definition) is 1. The summed E-state index contributed by atoms with van der Waals surface area (Å²) in [7, 11) is 0. The highest BCUT2D eigenvalue weighted by atomic mass is 32.2. The van der Waals surface area contributed by atoms with E-state index in [1.54, 1.807) is 43.3 Å². The van der Waals surface area contributed by atoms with Gasteiger partial charge in [-0.05, 0) is 54.9 Å².